The molecular weight excluding hydrogens is 304 g/mol. The smallest absolute Gasteiger partial charge is 0.317 e. The van der Waals surface area contributed by atoms with Gasteiger partial charge in [-0.1, -0.05) is 18.2 Å². The number of carbonyl (C=O) groups excluding carboxylic acids is 1. The first-order chi connectivity index (χ1) is 11.7. The zero-order valence-electron chi connectivity index (χ0n) is 13.9. The van der Waals surface area contributed by atoms with Crippen LogP contribution in [0, 0.1) is 5.92 Å². The van der Waals surface area contributed by atoms with Crippen molar-refractivity contribution in [3.63, 3.8) is 0 Å². The summed E-state index contributed by atoms with van der Waals surface area (Å²) >= 11 is 0. The molecule has 1 aliphatic rings. The number of aliphatic hydroxyl groups is 1. The molecule has 0 unspecified atom stereocenters. The van der Waals surface area contributed by atoms with Crippen molar-refractivity contribution in [2.45, 2.75) is 25.8 Å². The molecule has 2 amide bonds. The number of hydrogen-bond donors (Lipinski definition) is 2. The van der Waals surface area contributed by atoms with Crippen molar-refractivity contribution in [1.29, 1.82) is 0 Å². The molecule has 6 heteroatoms. The van der Waals surface area contributed by atoms with E-state index in [1.54, 1.807) is 15.8 Å². The molecule has 1 saturated heterocycles. The Labute approximate surface area is 142 Å². The van der Waals surface area contributed by atoms with Crippen LogP contribution in [0.15, 0.2) is 42.7 Å². The number of amides is 2. The summed E-state index contributed by atoms with van der Waals surface area (Å²) in [5, 5.41) is 16.7. The van der Waals surface area contributed by atoms with Crippen molar-refractivity contribution in [3.8, 4) is 5.69 Å². The van der Waals surface area contributed by atoms with Gasteiger partial charge in [-0.05, 0) is 43.4 Å². The number of likely N-dealkylation sites (tertiary alicyclic amines) is 1. The van der Waals surface area contributed by atoms with Crippen molar-refractivity contribution in [2.24, 2.45) is 5.92 Å². The number of aromatic nitrogens is 2. The SMILES string of the molecule is C[C@H](NC(=O)N1CCC[C@@H](CO)C1)c1ccccc1-n1cccn1. The highest BCUT2D eigenvalue weighted by molar-refractivity contribution is 5.75. The predicted octanol–water partition coefficient (Wildman–Crippen LogP) is 2.35. The first-order valence-corrected chi connectivity index (χ1v) is 8.44. The lowest BCUT2D eigenvalue weighted by Gasteiger charge is -2.33. The number of aliphatic hydroxyl groups excluding tert-OH is 1. The average Bonchev–Trinajstić information content (AvgIpc) is 3.16. The summed E-state index contributed by atoms with van der Waals surface area (Å²) in [5.41, 5.74) is 1.98. The normalized spacial score (nSPS) is 19.1. The maximum atomic E-state index is 12.6. The second-order valence-corrected chi connectivity index (χ2v) is 6.32. The summed E-state index contributed by atoms with van der Waals surface area (Å²) in [6, 6.07) is 9.60. The van der Waals surface area contributed by atoms with Gasteiger partial charge in [0.2, 0.25) is 0 Å². The number of benzene rings is 1. The van der Waals surface area contributed by atoms with Crippen molar-refractivity contribution in [1.82, 2.24) is 20.0 Å². The molecule has 2 aromatic rings. The molecule has 1 aromatic heterocycles. The minimum atomic E-state index is -0.132. The third kappa shape index (κ3) is 3.59. The fourth-order valence-electron chi connectivity index (χ4n) is 3.23. The van der Waals surface area contributed by atoms with Crippen molar-refractivity contribution >= 4 is 6.03 Å². The van der Waals surface area contributed by atoms with Gasteiger partial charge < -0.3 is 15.3 Å². The van der Waals surface area contributed by atoms with E-state index in [0.717, 1.165) is 30.6 Å². The molecule has 3 rings (SSSR count). The fourth-order valence-corrected chi connectivity index (χ4v) is 3.23. The number of hydrogen-bond acceptors (Lipinski definition) is 3. The van der Waals surface area contributed by atoms with Crippen LogP contribution in [0.2, 0.25) is 0 Å². The van der Waals surface area contributed by atoms with Crippen LogP contribution >= 0.6 is 0 Å². The van der Waals surface area contributed by atoms with E-state index in [2.05, 4.69) is 10.4 Å². The molecule has 6 nitrogen and oxygen atoms in total. The molecule has 2 N–H and O–H groups in total. The molecule has 128 valence electrons. The van der Waals surface area contributed by atoms with Crippen LogP contribution in [0.25, 0.3) is 5.69 Å². The van der Waals surface area contributed by atoms with E-state index in [1.165, 1.54) is 0 Å². The van der Waals surface area contributed by atoms with Gasteiger partial charge in [-0.25, -0.2) is 9.48 Å². The summed E-state index contributed by atoms with van der Waals surface area (Å²) in [7, 11) is 0. The van der Waals surface area contributed by atoms with E-state index in [0.29, 0.717) is 6.54 Å². The zero-order chi connectivity index (χ0) is 16.9. The number of rotatable bonds is 4. The number of nitrogens with one attached hydrogen (secondary N) is 1. The van der Waals surface area contributed by atoms with Gasteiger partial charge in [0.15, 0.2) is 0 Å². The van der Waals surface area contributed by atoms with E-state index in [4.69, 9.17) is 0 Å². The molecule has 2 heterocycles. The minimum Gasteiger partial charge on any atom is -0.396 e. The number of para-hydroxylation sites is 1. The van der Waals surface area contributed by atoms with Gasteiger partial charge in [-0.15, -0.1) is 0 Å². The summed E-state index contributed by atoms with van der Waals surface area (Å²) in [5.74, 6) is 0.191. The zero-order valence-corrected chi connectivity index (χ0v) is 13.9. The highest BCUT2D eigenvalue weighted by atomic mass is 16.3. The lowest BCUT2D eigenvalue weighted by molar-refractivity contribution is 0.128. The Kier molecular flexibility index (Phi) is 5.15. The summed E-state index contributed by atoms with van der Waals surface area (Å²) in [6.07, 6.45) is 5.56. The van der Waals surface area contributed by atoms with Gasteiger partial charge >= 0.3 is 6.03 Å². The number of piperidine rings is 1. The molecule has 1 fully saturated rings. The molecule has 0 saturated carbocycles. The van der Waals surface area contributed by atoms with Crippen LogP contribution in [-0.4, -0.2) is 45.5 Å². The van der Waals surface area contributed by atoms with Gasteiger partial charge in [0.1, 0.15) is 0 Å². The Balaban J connectivity index is 1.71. The second kappa shape index (κ2) is 7.49. The number of carbonyl (C=O) groups is 1. The maximum Gasteiger partial charge on any atom is 0.317 e. The molecule has 1 aliphatic heterocycles. The highest BCUT2D eigenvalue weighted by Gasteiger charge is 2.24. The van der Waals surface area contributed by atoms with Gasteiger partial charge in [0.25, 0.3) is 0 Å². The van der Waals surface area contributed by atoms with Crippen LogP contribution in [0.3, 0.4) is 0 Å². The van der Waals surface area contributed by atoms with Crippen LogP contribution in [-0.2, 0) is 0 Å². The second-order valence-electron chi connectivity index (χ2n) is 6.32. The van der Waals surface area contributed by atoms with Gasteiger partial charge in [-0.3, -0.25) is 0 Å². The Hall–Kier alpha value is -2.34. The lowest BCUT2D eigenvalue weighted by Crippen LogP contribution is -2.46. The molecule has 0 spiro atoms. The number of urea groups is 1. The van der Waals surface area contributed by atoms with Crippen LogP contribution in [0.4, 0.5) is 4.79 Å². The monoisotopic (exact) mass is 328 g/mol. The Morgan fingerprint density at radius 3 is 3.00 bits per heavy atom. The van der Waals surface area contributed by atoms with Crippen molar-refractivity contribution in [2.75, 3.05) is 19.7 Å². The first-order valence-electron chi connectivity index (χ1n) is 8.44. The van der Waals surface area contributed by atoms with Gasteiger partial charge in [0.05, 0.1) is 11.7 Å². The third-order valence-corrected chi connectivity index (χ3v) is 4.56. The fraction of sp³-hybridized carbons (Fsp3) is 0.444. The molecular formula is C18H24N4O2. The first kappa shape index (κ1) is 16.5. The predicted molar refractivity (Wildman–Crippen MR) is 91.9 cm³/mol. The average molecular weight is 328 g/mol. The topological polar surface area (TPSA) is 70.4 Å². The molecule has 0 aliphatic carbocycles. The molecule has 0 radical (unpaired) electrons. The third-order valence-electron chi connectivity index (χ3n) is 4.56. The van der Waals surface area contributed by atoms with Crippen LogP contribution in [0.5, 0.6) is 0 Å². The van der Waals surface area contributed by atoms with E-state index in [9.17, 15) is 9.90 Å². The quantitative estimate of drug-likeness (QED) is 0.905. The van der Waals surface area contributed by atoms with Crippen LogP contribution < -0.4 is 5.32 Å². The summed E-state index contributed by atoms with van der Waals surface area (Å²) < 4.78 is 1.81. The van der Waals surface area contributed by atoms with E-state index >= 15 is 0 Å². The molecule has 0 bridgehead atoms. The molecule has 2 atom stereocenters. The lowest BCUT2D eigenvalue weighted by atomic mass is 9.99. The van der Waals surface area contributed by atoms with Gasteiger partial charge in [-0.2, -0.15) is 5.10 Å². The maximum absolute atomic E-state index is 12.6. The largest absolute Gasteiger partial charge is 0.396 e. The Morgan fingerprint density at radius 1 is 1.42 bits per heavy atom. The van der Waals surface area contributed by atoms with Crippen molar-refractivity contribution in [3.05, 3.63) is 48.3 Å². The standard InChI is InChI=1S/C18H24N4O2/c1-14(20-18(24)21-10-4-6-15(12-21)13-23)16-7-2-3-8-17(16)22-11-5-9-19-22/h2-3,5,7-9,11,14-15,23H,4,6,10,12-13H2,1H3,(H,20,24)/t14-,15+/m0/s1. The van der Waals surface area contributed by atoms with Crippen LogP contribution in [0.1, 0.15) is 31.4 Å². The molecule has 1 aromatic carbocycles. The van der Waals surface area contributed by atoms with Crippen molar-refractivity contribution < 1.29 is 9.90 Å². The molecule has 24 heavy (non-hydrogen) atoms. The Bertz CT molecular complexity index is 671. The van der Waals surface area contributed by atoms with E-state index < -0.39 is 0 Å². The number of nitrogens with zero attached hydrogens (tertiary/aromatic N) is 3. The van der Waals surface area contributed by atoms with E-state index in [1.807, 2.05) is 43.5 Å². The summed E-state index contributed by atoms with van der Waals surface area (Å²) in [6.45, 7) is 3.49. The van der Waals surface area contributed by atoms with E-state index in [-0.39, 0.29) is 24.6 Å². The summed E-state index contributed by atoms with van der Waals surface area (Å²) in [4.78, 5) is 14.4. The highest BCUT2D eigenvalue weighted by Crippen LogP contribution is 2.22. The van der Waals surface area contributed by atoms with Gasteiger partial charge in [0, 0.05) is 32.1 Å². The minimum absolute atomic E-state index is 0.0732. The Morgan fingerprint density at radius 2 is 2.25 bits per heavy atom.